The van der Waals surface area contributed by atoms with E-state index in [1.54, 1.807) is 0 Å². The molecule has 0 saturated heterocycles. The van der Waals surface area contributed by atoms with E-state index in [0.717, 1.165) is 62.8 Å². The predicted molar refractivity (Wildman–Crippen MR) is 124 cm³/mol. The second-order valence-electron chi connectivity index (χ2n) is 10.8. The van der Waals surface area contributed by atoms with Gasteiger partial charge in [-0.25, -0.2) is 9.78 Å². The van der Waals surface area contributed by atoms with Crippen LogP contribution in [0, 0.1) is 23.7 Å². The minimum absolute atomic E-state index is 0.185. The van der Waals surface area contributed by atoms with Crippen molar-refractivity contribution in [2.24, 2.45) is 23.7 Å². The van der Waals surface area contributed by atoms with Crippen LogP contribution < -0.4 is 10.1 Å². The Hall–Kier alpha value is -1.14. The summed E-state index contributed by atoms with van der Waals surface area (Å²) in [5.74, 6) is 3.89. The van der Waals surface area contributed by atoms with E-state index in [1.807, 2.05) is 14.2 Å². The molecule has 1 N–H and O–H groups in total. The lowest BCUT2D eigenvalue weighted by molar-refractivity contribution is -0.485. The van der Waals surface area contributed by atoms with Gasteiger partial charge in [0, 0.05) is 18.9 Å². The van der Waals surface area contributed by atoms with Gasteiger partial charge in [-0.1, -0.05) is 12.1 Å². The SMILES string of the molecule is CNCCCOc1ccc(C2CCC(OOC3(OC)C4CC5CC(C4)CC3C5)CC2)cc1. The lowest BCUT2D eigenvalue weighted by Crippen LogP contribution is -2.60. The fourth-order valence-electron chi connectivity index (χ4n) is 7.26. The molecule has 5 nitrogen and oxygen atoms in total. The zero-order valence-corrected chi connectivity index (χ0v) is 19.9. The standard InChI is InChI=1S/C27H41NO4/c1-28-12-3-13-30-25-8-4-21(5-9-25)22-6-10-26(11-7-22)31-32-27(29-2)23-15-19-14-20(17-23)18-24(27)16-19/h4-5,8-9,19-20,22-24,26,28H,3,6-7,10-18H2,1-2H3. The third-order valence-electron chi connectivity index (χ3n) is 8.78. The van der Waals surface area contributed by atoms with Gasteiger partial charge in [-0.15, -0.1) is 0 Å². The largest absolute Gasteiger partial charge is 0.494 e. The molecule has 0 spiro atoms. The number of nitrogens with one attached hydrogen (secondary N) is 1. The van der Waals surface area contributed by atoms with Gasteiger partial charge < -0.3 is 14.8 Å². The van der Waals surface area contributed by atoms with E-state index >= 15 is 0 Å². The summed E-state index contributed by atoms with van der Waals surface area (Å²) in [5, 5.41) is 3.15. The van der Waals surface area contributed by atoms with E-state index in [9.17, 15) is 0 Å². The number of ether oxygens (including phenoxy) is 2. The summed E-state index contributed by atoms with van der Waals surface area (Å²) in [6, 6.07) is 8.72. The van der Waals surface area contributed by atoms with Crippen molar-refractivity contribution in [1.29, 1.82) is 0 Å². The quantitative estimate of drug-likeness (QED) is 0.226. The summed E-state index contributed by atoms with van der Waals surface area (Å²) in [7, 11) is 3.80. The fraction of sp³-hybridized carbons (Fsp3) is 0.778. The van der Waals surface area contributed by atoms with Gasteiger partial charge in [-0.05, 0) is 113 Å². The molecule has 5 saturated carbocycles. The Morgan fingerprint density at radius 1 is 0.906 bits per heavy atom. The van der Waals surface area contributed by atoms with Gasteiger partial charge in [-0.3, -0.25) is 0 Å². The third-order valence-corrected chi connectivity index (χ3v) is 8.78. The lowest BCUT2D eigenvalue weighted by Gasteiger charge is -2.58. The Labute approximate surface area is 193 Å². The van der Waals surface area contributed by atoms with Crippen LogP contribution in [0.3, 0.4) is 0 Å². The van der Waals surface area contributed by atoms with Crippen LogP contribution in [0.1, 0.15) is 75.7 Å². The van der Waals surface area contributed by atoms with Gasteiger partial charge in [0.15, 0.2) is 0 Å². The minimum atomic E-state index is -0.493. The molecule has 0 aliphatic heterocycles. The van der Waals surface area contributed by atoms with Crippen molar-refractivity contribution in [3.05, 3.63) is 29.8 Å². The molecular weight excluding hydrogens is 402 g/mol. The first-order valence-electron chi connectivity index (χ1n) is 13.0. The van der Waals surface area contributed by atoms with Gasteiger partial charge >= 0.3 is 0 Å². The summed E-state index contributed by atoms with van der Waals surface area (Å²) in [5.41, 5.74) is 1.42. The molecule has 178 valence electrons. The summed E-state index contributed by atoms with van der Waals surface area (Å²) in [6.07, 6.45) is 12.1. The van der Waals surface area contributed by atoms with E-state index in [1.165, 1.54) is 37.7 Å². The van der Waals surface area contributed by atoms with Gasteiger partial charge in [0.25, 0.3) is 0 Å². The first-order valence-corrected chi connectivity index (χ1v) is 13.0. The maximum absolute atomic E-state index is 6.26. The van der Waals surface area contributed by atoms with Crippen molar-refractivity contribution in [2.45, 2.75) is 82.0 Å². The average molecular weight is 444 g/mol. The monoisotopic (exact) mass is 443 g/mol. The second-order valence-corrected chi connectivity index (χ2v) is 10.8. The molecular formula is C27H41NO4. The van der Waals surface area contributed by atoms with Gasteiger partial charge in [0.05, 0.1) is 12.7 Å². The van der Waals surface area contributed by atoms with Crippen molar-refractivity contribution in [3.63, 3.8) is 0 Å². The van der Waals surface area contributed by atoms with E-state index in [0.29, 0.717) is 17.8 Å². The minimum Gasteiger partial charge on any atom is -0.494 e. The zero-order valence-electron chi connectivity index (χ0n) is 19.9. The van der Waals surface area contributed by atoms with Gasteiger partial charge in [0.1, 0.15) is 5.75 Å². The molecule has 1 aromatic rings. The Morgan fingerprint density at radius 3 is 2.16 bits per heavy atom. The third kappa shape index (κ3) is 4.59. The summed E-state index contributed by atoms with van der Waals surface area (Å²) in [6.45, 7) is 1.75. The first kappa shape index (κ1) is 22.6. The lowest BCUT2D eigenvalue weighted by atomic mass is 9.53. The molecule has 0 atom stereocenters. The number of methoxy groups -OCH3 is 1. The fourth-order valence-corrected chi connectivity index (χ4v) is 7.26. The normalized spacial score (nSPS) is 38.2. The highest BCUT2D eigenvalue weighted by molar-refractivity contribution is 5.29. The summed E-state index contributed by atoms with van der Waals surface area (Å²) < 4.78 is 11.9. The Balaban J connectivity index is 1.09. The smallest absolute Gasteiger partial charge is 0.207 e. The van der Waals surface area contributed by atoms with Crippen molar-refractivity contribution >= 4 is 0 Å². The van der Waals surface area contributed by atoms with Crippen LogP contribution in [-0.4, -0.2) is 39.2 Å². The highest BCUT2D eigenvalue weighted by Gasteiger charge is 2.60. The van der Waals surface area contributed by atoms with Crippen molar-refractivity contribution in [2.75, 3.05) is 27.3 Å². The maximum Gasteiger partial charge on any atom is 0.207 e. The molecule has 0 radical (unpaired) electrons. The van der Waals surface area contributed by atoms with Crippen LogP contribution in [0.4, 0.5) is 0 Å². The van der Waals surface area contributed by atoms with E-state index < -0.39 is 5.79 Å². The Bertz CT molecular complexity index is 700. The molecule has 0 heterocycles. The van der Waals surface area contributed by atoms with Crippen LogP contribution in [0.5, 0.6) is 5.75 Å². The van der Waals surface area contributed by atoms with Crippen molar-refractivity contribution in [3.8, 4) is 5.75 Å². The summed E-state index contributed by atoms with van der Waals surface area (Å²) >= 11 is 0. The van der Waals surface area contributed by atoms with Crippen LogP contribution in [0.2, 0.25) is 0 Å². The van der Waals surface area contributed by atoms with Crippen LogP contribution in [-0.2, 0) is 14.5 Å². The topological polar surface area (TPSA) is 49.0 Å². The molecule has 0 aromatic heterocycles. The molecule has 0 unspecified atom stereocenters. The molecule has 0 amide bonds. The molecule has 4 bridgehead atoms. The number of rotatable bonds is 10. The van der Waals surface area contributed by atoms with Crippen LogP contribution in [0.25, 0.3) is 0 Å². The Kier molecular flexibility index (Phi) is 7.08. The number of hydrogen-bond acceptors (Lipinski definition) is 5. The molecule has 6 rings (SSSR count). The molecule has 32 heavy (non-hydrogen) atoms. The number of benzene rings is 1. The number of hydrogen-bond donors (Lipinski definition) is 1. The molecule has 5 aliphatic rings. The second kappa shape index (κ2) is 10.0. The van der Waals surface area contributed by atoms with E-state index in [-0.39, 0.29) is 6.10 Å². The molecule has 5 fully saturated rings. The summed E-state index contributed by atoms with van der Waals surface area (Å²) in [4.78, 5) is 12.4. The highest BCUT2D eigenvalue weighted by atomic mass is 17.2. The maximum atomic E-state index is 6.26. The van der Waals surface area contributed by atoms with E-state index in [2.05, 4.69) is 29.6 Å². The molecule has 5 heteroatoms. The zero-order chi connectivity index (χ0) is 22.0. The molecule has 5 aliphatic carbocycles. The Morgan fingerprint density at radius 2 is 1.56 bits per heavy atom. The van der Waals surface area contributed by atoms with Crippen molar-refractivity contribution in [1.82, 2.24) is 5.32 Å². The molecule has 1 aromatic carbocycles. The van der Waals surface area contributed by atoms with Crippen LogP contribution in [0.15, 0.2) is 24.3 Å². The average Bonchev–Trinajstić information content (AvgIpc) is 2.82. The van der Waals surface area contributed by atoms with E-state index in [4.69, 9.17) is 19.2 Å². The highest BCUT2D eigenvalue weighted by Crippen LogP contribution is 2.60. The van der Waals surface area contributed by atoms with Crippen molar-refractivity contribution < 1.29 is 19.2 Å². The van der Waals surface area contributed by atoms with Gasteiger partial charge in [-0.2, -0.15) is 0 Å². The van der Waals surface area contributed by atoms with Gasteiger partial charge in [0.2, 0.25) is 5.79 Å². The predicted octanol–water partition coefficient (Wildman–Crippen LogP) is 5.45. The van der Waals surface area contributed by atoms with Crippen LogP contribution >= 0.6 is 0 Å². The first-order chi connectivity index (χ1) is 15.7.